The third kappa shape index (κ3) is 3.64. The van der Waals surface area contributed by atoms with Gasteiger partial charge in [-0.15, -0.1) is 0 Å². The molecule has 1 saturated heterocycles. The van der Waals surface area contributed by atoms with Crippen LogP contribution in [0.2, 0.25) is 0 Å². The fraction of sp³-hybridized carbons (Fsp3) is 0.909. The molecule has 16 heavy (non-hydrogen) atoms. The van der Waals surface area contributed by atoms with E-state index in [2.05, 4.69) is 35.1 Å². The number of nitrogens with zero attached hydrogens (tertiary/aromatic N) is 1. The Hall–Kier alpha value is -0.260. The Balaban J connectivity index is 2.44. The molecule has 0 aliphatic carbocycles. The van der Waals surface area contributed by atoms with E-state index in [0.29, 0.717) is 0 Å². The summed E-state index contributed by atoms with van der Waals surface area (Å²) in [6, 6.07) is -0.125. The summed E-state index contributed by atoms with van der Waals surface area (Å²) in [6.45, 7) is 6.02. The minimum absolute atomic E-state index is 0.0539. The molecule has 0 aromatic carbocycles. The second-order valence-corrected chi connectivity index (χ2v) is 5.10. The summed E-state index contributed by atoms with van der Waals surface area (Å²) in [5.41, 5.74) is -0.0539. The van der Waals surface area contributed by atoms with Crippen molar-refractivity contribution in [1.82, 2.24) is 15.5 Å². The lowest BCUT2D eigenvalue weighted by Gasteiger charge is -2.39. The van der Waals surface area contributed by atoms with Gasteiger partial charge in [0.05, 0.1) is 6.04 Å². The van der Waals surface area contributed by atoms with Gasteiger partial charge in [-0.2, -0.15) is 12.6 Å². The molecule has 5 heteroatoms. The first kappa shape index (κ1) is 13.8. The maximum absolute atomic E-state index is 11.8. The molecule has 0 spiro atoms. The van der Waals surface area contributed by atoms with Crippen LogP contribution in [0.1, 0.15) is 26.7 Å². The summed E-state index contributed by atoms with van der Waals surface area (Å²) in [5, 5.41) is 6.09. The third-order valence-corrected chi connectivity index (χ3v) is 3.81. The van der Waals surface area contributed by atoms with Gasteiger partial charge in [0.15, 0.2) is 0 Å². The van der Waals surface area contributed by atoms with Crippen molar-refractivity contribution in [3.8, 4) is 0 Å². The predicted molar refractivity (Wildman–Crippen MR) is 69.7 cm³/mol. The molecule has 1 fully saturated rings. The molecule has 1 unspecified atom stereocenters. The van der Waals surface area contributed by atoms with Gasteiger partial charge in [0.2, 0.25) is 5.91 Å². The van der Waals surface area contributed by atoms with Crippen LogP contribution in [0.5, 0.6) is 0 Å². The Labute approximate surface area is 104 Å². The summed E-state index contributed by atoms with van der Waals surface area (Å²) < 4.78 is 0. The van der Waals surface area contributed by atoms with Crippen LogP contribution in [0.3, 0.4) is 0 Å². The minimum Gasteiger partial charge on any atom is -0.350 e. The van der Waals surface area contributed by atoms with Crippen LogP contribution >= 0.6 is 12.6 Å². The second kappa shape index (κ2) is 5.89. The van der Waals surface area contributed by atoms with Gasteiger partial charge < -0.3 is 10.6 Å². The average molecular weight is 245 g/mol. The molecule has 1 aliphatic heterocycles. The summed E-state index contributed by atoms with van der Waals surface area (Å²) in [7, 11) is 1.80. The Kier molecular flexibility index (Phi) is 5.08. The van der Waals surface area contributed by atoms with Gasteiger partial charge in [0, 0.05) is 24.5 Å². The first-order chi connectivity index (χ1) is 7.50. The molecule has 0 saturated carbocycles. The smallest absolute Gasteiger partial charge is 0.237 e. The van der Waals surface area contributed by atoms with E-state index in [1.165, 1.54) is 0 Å². The van der Waals surface area contributed by atoms with E-state index in [0.717, 1.165) is 31.8 Å². The first-order valence-electron chi connectivity index (χ1n) is 5.83. The summed E-state index contributed by atoms with van der Waals surface area (Å²) in [4.78, 5) is 14.1. The molecular weight excluding hydrogens is 222 g/mol. The normalized spacial score (nSPS) is 22.8. The SMILES string of the molecule is CNC(C)C(=O)NC1(C)CCN(CS)CC1. The second-order valence-electron chi connectivity index (χ2n) is 4.82. The standard InChI is InChI=1S/C11H23N3OS/c1-9(12-3)10(15)13-11(2)4-6-14(8-16)7-5-11/h9,12,16H,4-8H2,1-3H3,(H,13,15). The number of thiol groups is 1. The summed E-state index contributed by atoms with van der Waals surface area (Å²) >= 11 is 4.27. The molecule has 94 valence electrons. The monoisotopic (exact) mass is 245 g/mol. The Bertz CT molecular complexity index is 239. The zero-order chi connectivity index (χ0) is 12.2. The molecule has 1 rings (SSSR count). The van der Waals surface area contributed by atoms with E-state index >= 15 is 0 Å². The largest absolute Gasteiger partial charge is 0.350 e. The minimum atomic E-state index is -0.125. The fourth-order valence-corrected chi connectivity index (χ4v) is 2.13. The quantitative estimate of drug-likeness (QED) is 0.630. The fourth-order valence-electron chi connectivity index (χ4n) is 1.85. The third-order valence-electron chi connectivity index (χ3n) is 3.41. The lowest BCUT2D eigenvalue weighted by molar-refractivity contribution is -0.125. The van der Waals surface area contributed by atoms with Crippen LogP contribution in [0.15, 0.2) is 0 Å². The van der Waals surface area contributed by atoms with Gasteiger partial charge in [-0.1, -0.05) is 0 Å². The first-order valence-corrected chi connectivity index (χ1v) is 6.46. The zero-order valence-electron chi connectivity index (χ0n) is 10.4. The molecule has 1 heterocycles. The molecule has 0 aromatic rings. The number of rotatable bonds is 4. The van der Waals surface area contributed by atoms with E-state index in [9.17, 15) is 4.79 Å². The zero-order valence-corrected chi connectivity index (χ0v) is 11.3. The topological polar surface area (TPSA) is 44.4 Å². The number of carbonyl (C=O) groups is 1. The molecule has 0 aromatic heterocycles. The summed E-state index contributed by atoms with van der Waals surface area (Å²) in [6.07, 6.45) is 1.99. The highest BCUT2D eigenvalue weighted by atomic mass is 32.1. The lowest BCUT2D eigenvalue weighted by atomic mass is 9.89. The van der Waals surface area contributed by atoms with Crippen molar-refractivity contribution < 1.29 is 4.79 Å². The molecule has 0 bridgehead atoms. The number of likely N-dealkylation sites (N-methyl/N-ethyl adjacent to an activating group) is 1. The number of amides is 1. The average Bonchev–Trinajstić information content (AvgIpc) is 2.28. The van der Waals surface area contributed by atoms with E-state index in [4.69, 9.17) is 0 Å². The van der Waals surface area contributed by atoms with Gasteiger partial charge in [0.1, 0.15) is 0 Å². The number of hydrogen-bond donors (Lipinski definition) is 3. The molecule has 4 nitrogen and oxygen atoms in total. The van der Waals surface area contributed by atoms with Gasteiger partial charge in [0.25, 0.3) is 0 Å². The number of hydrogen-bond acceptors (Lipinski definition) is 4. The summed E-state index contributed by atoms with van der Waals surface area (Å²) in [5.74, 6) is 0.890. The Morgan fingerprint density at radius 2 is 2.06 bits per heavy atom. The number of carbonyl (C=O) groups excluding carboxylic acids is 1. The van der Waals surface area contributed by atoms with Gasteiger partial charge >= 0.3 is 0 Å². The number of likely N-dealkylation sites (tertiary alicyclic amines) is 1. The van der Waals surface area contributed by atoms with Crippen LogP contribution in [-0.4, -0.2) is 48.4 Å². The van der Waals surface area contributed by atoms with E-state index in [1.807, 2.05) is 6.92 Å². The number of piperidine rings is 1. The maximum Gasteiger partial charge on any atom is 0.237 e. The molecule has 1 amide bonds. The van der Waals surface area contributed by atoms with Gasteiger partial charge in [-0.3, -0.25) is 9.69 Å². The van der Waals surface area contributed by atoms with Crippen LogP contribution in [0.25, 0.3) is 0 Å². The number of nitrogens with one attached hydrogen (secondary N) is 2. The van der Waals surface area contributed by atoms with Crippen LogP contribution in [0, 0.1) is 0 Å². The molecule has 2 N–H and O–H groups in total. The lowest BCUT2D eigenvalue weighted by Crippen LogP contribution is -2.56. The predicted octanol–water partition coefficient (Wildman–Crippen LogP) is 0.452. The van der Waals surface area contributed by atoms with Crippen molar-refractivity contribution in [3.63, 3.8) is 0 Å². The highest BCUT2D eigenvalue weighted by Crippen LogP contribution is 2.21. The Morgan fingerprint density at radius 3 is 2.50 bits per heavy atom. The van der Waals surface area contributed by atoms with E-state index < -0.39 is 0 Å². The van der Waals surface area contributed by atoms with Crippen molar-refractivity contribution in [2.75, 3.05) is 26.0 Å². The molecule has 0 radical (unpaired) electrons. The molecule has 1 atom stereocenters. The van der Waals surface area contributed by atoms with Crippen molar-refractivity contribution in [1.29, 1.82) is 0 Å². The highest BCUT2D eigenvalue weighted by molar-refractivity contribution is 7.80. The van der Waals surface area contributed by atoms with Crippen LogP contribution in [-0.2, 0) is 4.79 Å². The van der Waals surface area contributed by atoms with Crippen LogP contribution in [0.4, 0.5) is 0 Å². The van der Waals surface area contributed by atoms with Crippen LogP contribution < -0.4 is 10.6 Å². The van der Waals surface area contributed by atoms with Gasteiger partial charge in [-0.05, 0) is 33.7 Å². The molecular formula is C11H23N3OS. The maximum atomic E-state index is 11.8. The van der Waals surface area contributed by atoms with E-state index in [-0.39, 0.29) is 17.5 Å². The van der Waals surface area contributed by atoms with Crippen molar-refractivity contribution >= 4 is 18.5 Å². The van der Waals surface area contributed by atoms with Crippen molar-refractivity contribution in [2.45, 2.75) is 38.3 Å². The van der Waals surface area contributed by atoms with E-state index in [1.54, 1.807) is 7.05 Å². The highest BCUT2D eigenvalue weighted by Gasteiger charge is 2.31. The Morgan fingerprint density at radius 1 is 1.50 bits per heavy atom. The molecule has 1 aliphatic rings. The van der Waals surface area contributed by atoms with Crippen molar-refractivity contribution in [2.24, 2.45) is 0 Å². The van der Waals surface area contributed by atoms with Gasteiger partial charge in [-0.25, -0.2) is 0 Å². The van der Waals surface area contributed by atoms with Crippen molar-refractivity contribution in [3.05, 3.63) is 0 Å².